The number of rotatable bonds is 2. The first-order valence-electron chi connectivity index (χ1n) is 4.66. The van der Waals surface area contributed by atoms with Crippen molar-refractivity contribution in [3.8, 4) is 0 Å². The molecule has 0 aromatic carbocycles. The van der Waals surface area contributed by atoms with E-state index in [1.807, 2.05) is 0 Å². The smallest absolute Gasteiger partial charge is 0.304 e. The van der Waals surface area contributed by atoms with Gasteiger partial charge in [0, 0.05) is 24.0 Å². The third-order valence-corrected chi connectivity index (χ3v) is 3.32. The third-order valence-electron chi connectivity index (χ3n) is 2.19. The highest BCUT2D eigenvalue weighted by Gasteiger charge is 2.41. The zero-order valence-corrected chi connectivity index (χ0v) is 10.6. The first-order valence-corrected chi connectivity index (χ1v) is 5.81. The Morgan fingerprint density at radius 1 is 1.65 bits per heavy atom. The monoisotopic (exact) mass is 273 g/mol. The van der Waals surface area contributed by atoms with E-state index in [0.29, 0.717) is 10.7 Å². The molecule has 17 heavy (non-hydrogen) atoms. The van der Waals surface area contributed by atoms with Gasteiger partial charge in [0.05, 0.1) is 0 Å². The van der Waals surface area contributed by atoms with Crippen LogP contribution in [-0.4, -0.2) is 27.5 Å². The molecule has 0 radical (unpaired) electrons. The van der Waals surface area contributed by atoms with Crippen LogP contribution >= 0.6 is 23.1 Å². The van der Waals surface area contributed by atoms with Gasteiger partial charge >= 0.3 is 5.97 Å². The number of hydrogen-bond donors (Lipinski definition) is 0. The summed E-state index contributed by atoms with van der Waals surface area (Å²) in [6.45, 7) is 2.90. The van der Waals surface area contributed by atoms with Crippen LogP contribution in [0.25, 0.3) is 0 Å². The highest BCUT2D eigenvalue weighted by molar-refractivity contribution is 7.09. The fraction of sp³-hybridized carbons (Fsp3) is 0.333. The second-order valence-corrected chi connectivity index (χ2v) is 4.49. The topological polar surface area (TPSA) is 72.4 Å². The van der Waals surface area contributed by atoms with Crippen molar-refractivity contribution in [3.63, 3.8) is 0 Å². The van der Waals surface area contributed by atoms with Crippen LogP contribution in [0.1, 0.15) is 13.8 Å². The van der Waals surface area contributed by atoms with Gasteiger partial charge in [-0.05, 0) is 6.92 Å². The molecule has 0 aliphatic carbocycles. The van der Waals surface area contributed by atoms with Crippen LogP contribution in [0.5, 0.6) is 0 Å². The second-order valence-electron chi connectivity index (χ2n) is 3.36. The molecule has 1 aromatic rings. The zero-order chi connectivity index (χ0) is 12.6. The van der Waals surface area contributed by atoms with E-state index in [2.05, 4.69) is 9.36 Å². The lowest BCUT2D eigenvalue weighted by Gasteiger charge is -2.22. The number of esters is 1. The molecule has 0 bridgehead atoms. The predicted molar refractivity (Wildman–Crippen MR) is 61.5 cm³/mol. The minimum atomic E-state index is -0.833. The number of amides is 1. The highest BCUT2D eigenvalue weighted by atomic mass is 35.5. The van der Waals surface area contributed by atoms with E-state index < -0.39 is 18.1 Å². The van der Waals surface area contributed by atoms with Crippen molar-refractivity contribution in [3.05, 3.63) is 16.9 Å². The molecule has 1 aliphatic rings. The number of carbonyl (C=O) groups excluding carboxylic acids is 2. The van der Waals surface area contributed by atoms with Crippen LogP contribution in [0.2, 0.25) is 0 Å². The van der Waals surface area contributed by atoms with Crippen molar-refractivity contribution in [1.82, 2.24) is 9.36 Å². The van der Waals surface area contributed by atoms with Crippen LogP contribution in [0.15, 0.2) is 16.9 Å². The Kier molecular flexibility index (Phi) is 3.12. The lowest BCUT2D eigenvalue weighted by atomic mass is 10.3. The summed E-state index contributed by atoms with van der Waals surface area (Å²) < 4.78 is 8.86. The molecule has 0 saturated carbocycles. The molecule has 1 aliphatic heterocycles. The first kappa shape index (κ1) is 12.0. The van der Waals surface area contributed by atoms with E-state index >= 15 is 0 Å². The maximum atomic E-state index is 11.9. The van der Waals surface area contributed by atoms with Crippen molar-refractivity contribution in [1.29, 1.82) is 0 Å². The van der Waals surface area contributed by atoms with Gasteiger partial charge in [-0.1, -0.05) is 11.6 Å². The van der Waals surface area contributed by atoms with Crippen molar-refractivity contribution in [2.75, 3.05) is 4.90 Å². The average molecular weight is 274 g/mol. The Morgan fingerprint density at radius 2 is 2.35 bits per heavy atom. The molecule has 0 spiro atoms. The quantitative estimate of drug-likeness (QED) is 0.759. The molecular formula is C9H8ClN3O3S. The summed E-state index contributed by atoms with van der Waals surface area (Å²) in [6.07, 6.45) is 0.486. The summed E-state index contributed by atoms with van der Waals surface area (Å²) in [5.74, 6) is -0.935. The molecule has 6 nitrogen and oxygen atoms in total. The van der Waals surface area contributed by atoms with E-state index in [1.165, 1.54) is 18.2 Å². The summed E-state index contributed by atoms with van der Waals surface area (Å²) in [7, 11) is 0. The molecule has 0 N–H and O–H groups in total. The van der Waals surface area contributed by atoms with Crippen LogP contribution < -0.4 is 4.90 Å². The van der Waals surface area contributed by atoms with Crippen LogP contribution in [0.3, 0.4) is 0 Å². The van der Waals surface area contributed by atoms with Gasteiger partial charge in [0.25, 0.3) is 5.91 Å². The highest BCUT2D eigenvalue weighted by Crippen LogP contribution is 2.33. The van der Waals surface area contributed by atoms with E-state index in [-0.39, 0.29) is 5.03 Å². The average Bonchev–Trinajstić information content (AvgIpc) is 2.84. The number of halogens is 1. The Morgan fingerprint density at radius 3 is 2.88 bits per heavy atom. The van der Waals surface area contributed by atoms with Gasteiger partial charge in [-0.25, -0.2) is 9.88 Å². The van der Waals surface area contributed by atoms with E-state index in [9.17, 15) is 9.59 Å². The van der Waals surface area contributed by atoms with Gasteiger partial charge in [0.2, 0.25) is 11.4 Å². The van der Waals surface area contributed by atoms with E-state index in [4.69, 9.17) is 16.3 Å². The molecular weight excluding hydrogens is 266 g/mol. The number of anilines is 1. The summed E-state index contributed by atoms with van der Waals surface area (Å²) in [5, 5.41) is 0.391. The van der Waals surface area contributed by atoms with Gasteiger partial charge in [-0.15, -0.1) is 0 Å². The number of nitrogens with zero attached hydrogens (tertiary/aromatic N) is 3. The summed E-state index contributed by atoms with van der Waals surface area (Å²) in [6, 6.07) is 0. The van der Waals surface area contributed by atoms with Gasteiger partial charge in [-0.3, -0.25) is 9.59 Å². The number of hydrogen-bond acceptors (Lipinski definition) is 6. The lowest BCUT2D eigenvalue weighted by Crippen LogP contribution is -2.38. The maximum Gasteiger partial charge on any atom is 0.304 e. The molecule has 2 rings (SSSR count). The van der Waals surface area contributed by atoms with Gasteiger partial charge in [0.1, 0.15) is 11.4 Å². The lowest BCUT2D eigenvalue weighted by molar-refractivity contribution is -0.144. The molecule has 2 heterocycles. The van der Waals surface area contributed by atoms with Gasteiger partial charge in [-0.2, -0.15) is 4.37 Å². The van der Waals surface area contributed by atoms with Crippen molar-refractivity contribution in [2.24, 2.45) is 0 Å². The summed E-state index contributed by atoms with van der Waals surface area (Å²) in [5.41, 5.74) is 0.488. The minimum Gasteiger partial charge on any atom is -0.437 e. The largest absolute Gasteiger partial charge is 0.437 e. The normalized spacial score (nSPS) is 20.1. The molecule has 8 heteroatoms. The van der Waals surface area contributed by atoms with Crippen molar-refractivity contribution < 1.29 is 14.3 Å². The Hall–Kier alpha value is -1.47. The predicted octanol–water partition coefficient (Wildman–Crippen LogP) is 1.29. The summed E-state index contributed by atoms with van der Waals surface area (Å²) >= 11 is 6.88. The molecule has 0 fully saturated rings. The molecule has 0 saturated heterocycles. The van der Waals surface area contributed by atoms with Crippen molar-refractivity contribution >= 4 is 40.1 Å². The molecule has 1 amide bonds. The minimum absolute atomic E-state index is 0.0476. The standard InChI is InChI=1S/C9H8ClN3O3S/c1-4-6(10)7(15)13(8(4)16-5(2)14)9-11-3-12-17-9/h3,8H,1-2H3. The SMILES string of the molecule is CC(=O)OC1C(C)=C(Cl)C(=O)N1c1ncns1. The summed E-state index contributed by atoms with van der Waals surface area (Å²) in [4.78, 5) is 28.0. The van der Waals surface area contributed by atoms with Crippen LogP contribution in [0.4, 0.5) is 5.13 Å². The zero-order valence-electron chi connectivity index (χ0n) is 9.01. The van der Waals surface area contributed by atoms with E-state index in [1.54, 1.807) is 6.92 Å². The fourth-order valence-corrected chi connectivity index (χ4v) is 2.18. The van der Waals surface area contributed by atoms with Gasteiger partial charge in [0.15, 0.2) is 0 Å². The number of carbonyl (C=O) groups is 2. The van der Waals surface area contributed by atoms with E-state index in [0.717, 1.165) is 11.5 Å². The molecule has 1 unspecified atom stereocenters. The van der Waals surface area contributed by atoms with Crippen LogP contribution in [-0.2, 0) is 14.3 Å². The van der Waals surface area contributed by atoms with Crippen molar-refractivity contribution in [2.45, 2.75) is 20.1 Å². The second kappa shape index (κ2) is 4.42. The molecule has 1 aromatic heterocycles. The van der Waals surface area contributed by atoms with Gasteiger partial charge < -0.3 is 4.74 Å². The number of ether oxygens (including phenoxy) is 1. The number of aromatic nitrogens is 2. The maximum absolute atomic E-state index is 11.9. The Bertz CT molecular complexity index is 500. The van der Waals surface area contributed by atoms with Crippen LogP contribution in [0, 0.1) is 0 Å². The molecule has 90 valence electrons. The third kappa shape index (κ3) is 2.03. The molecule has 1 atom stereocenters. The Labute approximate surface area is 106 Å². The Balaban J connectivity index is 2.38. The first-order chi connectivity index (χ1) is 8.02. The fourth-order valence-electron chi connectivity index (χ4n) is 1.44.